The van der Waals surface area contributed by atoms with Gasteiger partial charge in [0.25, 0.3) is 5.56 Å². The molecule has 11 nitrogen and oxygen atoms in total. The van der Waals surface area contributed by atoms with Crippen LogP contribution in [0.2, 0.25) is 0 Å². The predicted molar refractivity (Wildman–Crippen MR) is 70.5 cm³/mol. The molecule has 2 amide bonds. The first kappa shape index (κ1) is 16.4. The number of aromatic hydroxyl groups is 1. The van der Waals surface area contributed by atoms with Gasteiger partial charge in [-0.2, -0.15) is 0 Å². The Hall–Kier alpha value is -2.66. The highest BCUT2D eigenvalue weighted by Crippen LogP contribution is 2.02. The van der Waals surface area contributed by atoms with Crippen molar-refractivity contribution in [2.75, 3.05) is 6.54 Å². The van der Waals surface area contributed by atoms with Crippen molar-refractivity contribution in [3.8, 4) is 5.88 Å². The highest BCUT2D eigenvalue weighted by Gasteiger charge is 2.13. The second kappa shape index (κ2) is 7.21. The fraction of sp³-hybridized carbons (Fsp3) is 0.400. The first-order valence-corrected chi connectivity index (χ1v) is 5.92. The Morgan fingerprint density at radius 1 is 1.38 bits per heavy atom. The van der Waals surface area contributed by atoms with E-state index < -0.39 is 28.9 Å². The van der Waals surface area contributed by atoms with Crippen molar-refractivity contribution in [3.63, 3.8) is 0 Å². The quantitative estimate of drug-likeness (QED) is 0.208. The van der Waals surface area contributed by atoms with Gasteiger partial charge in [0.2, 0.25) is 17.7 Å². The molecule has 0 saturated heterocycles. The van der Waals surface area contributed by atoms with E-state index >= 15 is 0 Å². The minimum atomic E-state index is -0.834. The number of H-pyrrole nitrogens is 1. The molecule has 1 rings (SSSR count). The van der Waals surface area contributed by atoms with Crippen LogP contribution in [0.4, 0.5) is 0 Å². The lowest BCUT2D eigenvalue weighted by Gasteiger charge is -2.16. The van der Waals surface area contributed by atoms with Gasteiger partial charge in [-0.15, -0.1) is 0 Å². The van der Waals surface area contributed by atoms with E-state index in [0.717, 1.165) is 15.6 Å². The van der Waals surface area contributed by atoms with Crippen molar-refractivity contribution in [3.05, 3.63) is 26.9 Å². The van der Waals surface area contributed by atoms with Crippen LogP contribution in [0.3, 0.4) is 0 Å². The van der Waals surface area contributed by atoms with Gasteiger partial charge in [0.05, 0.1) is 6.07 Å². The van der Waals surface area contributed by atoms with Crippen LogP contribution in [0.1, 0.15) is 12.8 Å². The number of carbonyl (C=O) groups excluding carboxylic acids is 2. The molecule has 11 heteroatoms. The summed E-state index contributed by atoms with van der Waals surface area (Å²) in [7, 11) is 0. The number of nitrogens with two attached hydrogens (primary N) is 2. The van der Waals surface area contributed by atoms with Crippen LogP contribution in [0, 0.1) is 0 Å². The van der Waals surface area contributed by atoms with Gasteiger partial charge in [-0.25, -0.2) is 16.5 Å². The molecule has 0 bridgehead atoms. The van der Waals surface area contributed by atoms with Gasteiger partial charge < -0.3 is 5.11 Å². The molecule has 0 aromatic carbocycles. The summed E-state index contributed by atoms with van der Waals surface area (Å²) in [5, 5.41) is 10.3. The Bertz CT molecular complexity index is 636. The molecule has 0 aliphatic rings. The maximum absolute atomic E-state index is 11.7. The molecule has 21 heavy (non-hydrogen) atoms. The molecule has 1 aromatic rings. The summed E-state index contributed by atoms with van der Waals surface area (Å²) < 4.78 is 0.819. The maximum Gasteiger partial charge on any atom is 0.331 e. The predicted octanol–water partition coefficient (Wildman–Crippen LogP) is -3.29. The molecule has 1 heterocycles. The van der Waals surface area contributed by atoms with Crippen molar-refractivity contribution in [1.29, 1.82) is 0 Å². The summed E-state index contributed by atoms with van der Waals surface area (Å²) in [4.78, 5) is 46.9. The monoisotopic (exact) mass is 300 g/mol. The average molecular weight is 300 g/mol. The van der Waals surface area contributed by atoms with Gasteiger partial charge in [-0.3, -0.25) is 34.4 Å². The van der Waals surface area contributed by atoms with E-state index in [1.807, 2.05) is 10.4 Å². The standard InChI is InChI=1S/C10H16N6O5/c11-14-6(17)1-4-16(12)8(19)2-3-15-9(20)5-7(18)13-10(15)21/h5,20H,1-4,11-12H2,(H,14,17)(H,13,18,21). The number of hydrogen-bond acceptors (Lipinski definition) is 7. The molecular formula is C10H16N6O5. The van der Waals surface area contributed by atoms with Crippen LogP contribution < -0.4 is 28.4 Å². The summed E-state index contributed by atoms with van der Waals surface area (Å²) in [6, 6.07) is 0.817. The van der Waals surface area contributed by atoms with Crippen molar-refractivity contribution in [2.45, 2.75) is 19.4 Å². The summed E-state index contributed by atoms with van der Waals surface area (Å²) in [5.74, 6) is 8.74. The van der Waals surface area contributed by atoms with E-state index in [2.05, 4.69) is 0 Å². The number of nitrogens with one attached hydrogen (secondary N) is 2. The largest absolute Gasteiger partial charge is 0.494 e. The molecule has 0 saturated carbocycles. The molecule has 0 radical (unpaired) electrons. The summed E-state index contributed by atoms with van der Waals surface area (Å²) in [6.45, 7) is -0.217. The van der Waals surface area contributed by atoms with Crippen molar-refractivity contribution < 1.29 is 14.7 Å². The first-order valence-electron chi connectivity index (χ1n) is 5.92. The van der Waals surface area contributed by atoms with Gasteiger partial charge in [-0.05, 0) is 0 Å². The third kappa shape index (κ3) is 4.74. The lowest BCUT2D eigenvalue weighted by Crippen LogP contribution is -2.42. The number of carbonyl (C=O) groups is 2. The van der Waals surface area contributed by atoms with Crippen LogP contribution in [0.25, 0.3) is 0 Å². The second-order valence-electron chi connectivity index (χ2n) is 4.10. The molecular weight excluding hydrogens is 284 g/mol. The Labute approximate surface area is 118 Å². The molecule has 0 unspecified atom stereocenters. The topological polar surface area (TPSA) is 177 Å². The lowest BCUT2D eigenvalue weighted by atomic mass is 10.3. The van der Waals surface area contributed by atoms with E-state index in [-0.39, 0.29) is 25.9 Å². The zero-order valence-corrected chi connectivity index (χ0v) is 11.0. The number of nitrogens with zero attached hydrogens (tertiary/aromatic N) is 2. The number of rotatable bonds is 6. The second-order valence-corrected chi connectivity index (χ2v) is 4.10. The molecule has 0 aliphatic carbocycles. The fourth-order valence-corrected chi connectivity index (χ4v) is 1.49. The molecule has 0 spiro atoms. The number of aromatic nitrogens is 2. The highest BCUT2D eigenvalue weighted by atomic mass is 16.3. The first-order chi connectivity index (χ1) is 9.85. The number of aromatic amines is 1. The van der Waals surface area contributed by atoms with E-state index in [4.69, 9.17) is 11.7 Å². The van der Waals surface area contributed by atoms with Gasteiger partial charge >= 0.3 is 5.69 Å². The van der Waals surface area contributed by atoms with Gasteiger partial charge in [0, 0.05) is 25.9 Å². The van der Waals surface area contributed by atoms with Crippen LogP contribution in [0.5, 0.6) is 5.88 Å². The number of amides is 2. The van der Waals surface area contributed by atoms with Crippen LogP contribution in [0.15, 0.2) is 15.7 Å². The summed E-state index contributed by atoms with van der Waals surface area (Å²) in [6.07, 6.45) is -0.261. The van der Waals surface area contributed by atoms with Crippen molar-refractivity contribution in [2.24, 2.45) is 11.7 Å². The van der Waals surface area contributed by atoms with Crippen LogP contribution in [-0.4, -0.2) is 38.0 Å². The molecule has 7 N–H and O–H groups in total. The molecule has 0 fully saturated rings. The molecule has 0 aliphatic heterocycles. The SMILES string of the molecule is NNC(=O)CCN(N)C(=O)CCn1c(O)cc(=O)[nH]c1=O. The van der Waals surface area contributed by atoms with Crippen LogP contribution in [-0.2, 0) is 16.1 Å². The molecule has 0 atom stereocenters. The lowest BCUT2D eigenvalue weighted by molar-refractivity contribution is -0.132. The highest BCUT2D eigenvalue weighted by molar-refractivity contribution is 5.78. The van der Waals surface area contributed by atoms with E-state index in [9.17, 15) is 24.3 Å². The minimum Gasteiger partial charge on any atom is -0.494 e. The van der Waals surface area contributed by atoms with Gasteiger partial charge in [0.1, 0.15) is 0 Å². The number of hydrazine groups is 2. The number of hydrogen-bond donors (Lipinski definition) is 5. The Kier molecular flexibility index (Phi) is 5.63. The van der Waals surface area contributed by atoms with E-state index in [1.54, 1.807) is 0 Å². The fourth-order valence-electron chi connectivity index (χ4n) is 1.49. The zero-order chi connectivity index (χ0) is 16.0. The maximum atomic E-state index is 11.7. The minimum absolute atomic E-state index is 0.0473. The third-order valence-electron chi connectivity index (χ3n) is 2.62. The Balaban J connectivity index is 2.59. The van der Waals surface area contributed by atoms with E-state index in [0.29, 0.717) is 0 Å². The van der Waals surface area contributed by atoms with Gasteiger partial charge in [0.15, 0.2) is 0 Å². The van der Waals surface area contributed by atoms with E-state index in [1.165, 1.54) is 0 Å². The summed E-state index contributed by atoms with van der Waals surface area (Å²) >= 11 is 0. The molecule has 116 valence electrons. The third-order valence-corrected chi connectivity index (χ3v) is 2.62. The van der Waals surface area contributed by atoms with Crippen molar-refractivity contribution >= 4 is 11.8 Å². The zero-order valence-electron chi connectivity index (χ0n) is 11.0. The van der Waals surface area contributed by atoms with Crippen molar-refractivity contribution in [1.82, 2.24) is 20.0 Å². The summed E-state index contributed by atoms with van der Waals surface area (Å²) in [5.41, 5.74) is 0.316. The van der Waals surface area contributed by atoms with Gasteiger partial charge in [-0.1, -0.05) is 0 Å². The normalized spacial score (nSPS) is 10.2. The molecule has 1 aromatic heterocycles. The smallest absolute Gasteiger partial charge is 0.331 e. The Morgan fingerprint density at radius 3 is 2.62 bits per heavy atom. The average Bonchev–Trinajstić information content (AvgIpc) is 2.42. The van der Waals surface area contributed by atoms with Crippen LogP contribution >= 0.6 is 0 Å². The Morgan fingerprint density at radius 2 is 2.05 bits per heavy atom.